The molecular weight excluding hydrogens is 417 g/mol. The van der Waals surface area contributed by atoms with E-state index in [1.54, 1.807) is 18.3 Å². The maximum absolute atomic E-state index is 13.1. The van der Waals surface area contributed by atoms with E-state index in [1.807, 2.05) is 37.3 Å². The highest BCUT2D eigenvalue weighted by Gasteiger charge is 2.20. The Bertz CT molecular complexity index is 1030. The predicted molar refractivity (Wildman–Crippen MR) is 118 cm³/mol. The number of hydrogen-bond donors (Lipinski definition) is 1. The van der Waals surface area contributed by atoms with Crippen LogP contribution in [0, 0.1) is 6.92 Å². The molecule has 0 spiro atoms. The van der Waals surface area contributed by atoms with Gasteiger partial charge >= 0.3 is 0 Å². The van der Waals surface area contributed by atoms with Gasteiger partial charge in [0.2, 0.25) is 0 Å². The van der Waals surface area contributed by atoms with Gasteiger partial charge in [0.1, 0.15) is 0 Å². The SMILES string of the molecule is Cc1ccc(S(=O)(=O)n2ccc3c(CN4CCNCC4)cccc32)cc1.Cl.Cl. The van der Waals surface area contributed by atoms with E-state index in [9.17, 15) is 8.42 Å². The highest BCUT2D eigenvalue weighted by molar-refractivity contribution is 7.90. The zero-order chi connectivity index (χ0) is 18.1. The van der Waals surface area contributed by atoms with Crippen molar-refractivity contribution >= 4 is 45.7 Å². The van der Waals surface area contributed by atoms with Crippen molar-refractivity contribution in [2.75, 3.05) is 26.2 Å². The fraction of sp³-hybridized carbons (Fsp3) is 0.300. The Morgan fingerprint density at radius 3 is 2.32 bits per heavy atom. The summed E-state index contributed by atoms with van der Waals surface area (Å²) in [7, 11) is -3.60. The molecule has 0 radical (unpaired) electrons. The van der Waals surface area contributed by atoms with Crippen molar-refractivity contribution in [3.8, 4) is 0 Å². The maximum Gasteiger partial charge on any atom is 0.268 e. The summed E-state index contributed by atoms with van der Waals surface area (Å²) < 4.78 is 27.5. The zero-order valence-corrected chi connectivity index (χ0v) is 18.1. The fourth-order valence-electron chi connectivity index (χ4n) is 3.49. The van der Waals surface area contributed by atoms with Gasteiger partial charge in [-0.25, -0.2) is 12.4 Å². The molecule has 28 heavy (non-hydrogen) atoms. The first-order chi connectivity index (χ1) is 12.6. The summed E-state index contributed by atoms with van der Waals surface area (Å²) in [6.45, 7) is 6.81. The number of aryl methyl sites for hydroxylation is 1. The van der Waals surface area contributed by atoms with Gasteiger partial charge in [-0.3, -0.25) is 4.90 Å². The van der Waals surface area contributed by atoms with Crippen molar-refractivity contribution in [1.29, 1.82) is 0 Å². The third kappa shape index (κ3) is 4.36. The first-order valence-electron chi connectivity index (χ1n) is 8.90. The Labute approximate surface area is 178 Å². The highest BCUT2D eigenvalue weighted by atomic mass is 35.5. The third-order valence-electron chi connectivity index (χ3n) is 4.97. The number of benzene rings is 2. The first kappa shape index (κ1) is 22.7. The average molecular weight is 442 g/mol. The smallest absolute Gasteiger partial charge is 0.268 e. The lowest BCUT2D eigenvalue weighted by Crippen LogP contribution is -2.42. The second-order valence-corrected chi connectivity index (χ2v) is 8.62. The Morgan fingerprint density at radius 2 is 1.64 bits per heavy atom. The van der Waals surface area contributed by atoms with Gasteiger partial charge in [0.05, 0.1) is 10.4 Å². The van der Waals surface area contributed by atoms with Crippen LogP contribution in [0.4, 0.5) is 0 Å². The molecule has 0 amide bonds. The number of piperazine rings is 1. The molecule has 1 saturated heterocycles. The van der Waals surface area contributed by atoms with Crippen LogP contribution in [-0.4, -0.2) is 43.5 Å². The van der Waals surface area contributed by atoms with E-state index in [-0.39, 0.29) is 24.8 Å². The van der Waals surface area contributed by atoms with Crippen LogP contribution in [-0.2, 0) is 16.6 Å². The monoisotopic (exact) mass is 441 g/mol. The van der Waals surface area contributed by atoms with E-state index < -0.39 is 10.0 Å². The van der Waals surface area contributed by atoms with Crippen LogP contribution in [0.1, 0.15) is 11.1 Å². The van der Waals surface area contributed by atoms with Crippen molar-refractivity contribution in [3.63, 3.8) is 0 Å². The molecule has 152 valence electrons. The van der Waals surface area contributed by atoms with Crippen molar-refractivity contribution in [2.45, 2.75) is 18.4 Å². The van der Waals surface area contributed by atoms with Crippen molar-refractivity contribution < 1.29 is 8.42 Å². The molecule has 1 fully saturated rings. The molecule has 1 aromatic heterocycles. The molecule has 1 aliphatic rings. The van der Waals surface area contributed by atoms with E-state index in [1.165, 1.54) is 9.54 Å². The van der Waals surface area contributed by atoms with E-state index in [0.29, 0.717) is 4.90 Å². The Hall–Kier alpha value is -1.57. The third-order valence-corrected chi connectivity index (χ3v) is 6.67. The van der Waals surface area contributed by atoms with Crippen LogP contribution < -0.4 is 5.32 Å². The summed E-state index contributed by atoms with van der Waals surface area (Å²) in [4.78, 5) is 2.71. The average Bonchev–Trinajstić information content (AvgIpc) is 3.09. The van der Waals surface area contributed by atoms with Crippen LogP contribution in [0.25, 0.3) is 10.9 Å². The summed E-state index contributed by atoms with van der Waals surface area (Å²) in [6.07, 6.45) is 1.67. The minimum Gasteiger partial charge on any atom is -0.314 e. The fourth-order valence-corrected chi connectivity index (χ4v) is 4.83. The summed E-state index contributed by atoms with van der Waals surface area (Å²) >= 11 is 0. The van der Waals surface area contributed by atoms with Gasteiger partial charge in [0.15, 0.2) is 0 Å². The molecule has 1 aliphatic heterocycles. The molecular formula is C20H25Cl2N3O2S. The first-order valence-corrected chi connectivity index (χ1v) is 10.3. The number of rotatable bonds is 4. The number of fused-ring (bicyclic) bond motifs is 1. The highest BCUT2D eigenvalue weighted by Crippen LogP contribution is 2.26. The van der Waals surface area contributed by atoms with Gasteiger partial charge in [0, 0.05) is 44.3 Å². The second kappa shape index (κ2) is 9.29. The van der Waals surface area contributed by atoms with Crippen LogP contribution >= 0.6 is 24.8 Å². The predicted octanol–water partition coefficient (Wildman–Crippen LogP) is 3.44. The van der Waals surface area contributed by atoms with Gasteiger partial charge in [0.25, 0.3) is 10.0 Å². The summed E-state index contributed by atoms with van der Waals surface area (Å²) in [5.74, 6) is 0. The molecule has 2 aromatic carbocycles. The second-order valence-electron chi connectivity index (χ2n) is 6.81. The van der Waals surface area contributed by atoms with Crippen LogP contribution in [0.2, 0.25) is 0 Å². The zero-order valence-electron chi connectivity index (χ0n) is 15.7. The summed E-state index contributed by atoms with van der Waals surface area (Å²) in [5, 5.41) is 4.36. The van der Waals surface area contributed by atoms with E-state index in [0.717, 1.165) is 49.2 Å². The molecule has 1 N–H and O–H groups in total. The molecule has 0 bridgehead atoms. The number of nitrogens with zero attached hydrogens (tertiary/aromatic N) is 2. The van der Waals surface area contributed by atoms with Crippen molar-refractivity contribution in [3.05, 3.63) is 65.9 Å². The van der Waals surface area contributed by atoms with Gasteiger partial charge in [-0.2, -0.15) is 0 Å². The van der Waals surface area contributed by atoms with Crippen molar-refractivity contribution in [2.24, 2.45) is 0 Å². The van der Waals surface area contributed by atoms with Crippen LogP contribution in [0.5, 0.6) is 0 Å². The minimum atomic E-state index is -3.60. The molecule has 0 unspecified atom stereocenters. The number of hydrogen-bond acceptors (Lipinski definition) is 4. The minimum absolute atomic E-state index is 0. The van der Waals surface area contributed by atoms with Crippen molar-refractivity contribution in [1.82, 2.24) is 14.2 Å². The number of nitrogens with one attached hydrogen (secondary N) is 1. The molecule has 5 nitrogen and oxygen atoms in total. The quantitative estimate of drug-likeness (QED) is 0.673. The van der Waals surface area contributed by atoms with E-state index in [2.05, 4.69) is 16.3 Å². The van der Waals surface area contributed by atoms with Crippen LogP contribution in [0.15, 0.2) is 59.6 Å². The molecule has 3 aromatic rings. The topological polar surface area (TPSA) is 54.3 Å². The Kier molecular flexibility index (Phi) is 7.53. The largest absolute Gasteiger partial charge is 0.314 e. The normalized spacial score (nSPS) is 15.0. The lowest BCUT2D eigenvalue weighted by molar-refractivity contribution is 0.234. The van der Waals surface area contributed by atoms with E-state index in [4.69, 9.17) is 0 Å². The Morgan fingerprint density at radius 1 is 0.964 bits per heavy atom. The molecule has 0 saturated carbocycles. The lowest BCUT2D eigenvalue weighted by Gasteiger charge is -2.27. The number of aromatic nitrogens is 1. The Balaban J connectivity index is 0.00000140. The van der Waals surface area contributed by atoms with E-state index >= 15 is 0 Å². The van der Waals surface area contributed by atoms with Gasteiger partial charge in [-0.05, 0) is 36.8 Å². The lowest BCUT2D eigenvalue weighted by atomic mass is 10.1. The maximum atomic E-state index is 13.1. The van der Waals surface area contributed by atoms with Crippen LogP contribution in [0.3, 0.4) is 0 Å². The summed E-state index contributed by atoms with van der Waals surface area (Å²) in [5.41, 5.74) is 2.94. The van der Waals surface area contributed by atoms with Gasteiger partial charge in [-0.15, -0.1) is 24.8 Å². The number of halogens is 2. The molecule has 2 heterocycles. The molecule has 0 atom stereocenters. The molecule has 8 heteroatoms. The van der Waals surface area contributed by atoms with Gasteiger partial charge < -0.3 is 5.32 Å². The molecule has 0 aliphatic carbocycles. The van der Waals surface area contributed by atoms with Gasteiger partial charge in [-0.1, -0.05) is 29.8 Å². The standard InChI is InChI=1S/C20H23N3O2S.2ClH/c1-16-5-7-18(8-6-16)26(24,25)23-12-9-19-17(3-2-4-20(19)23)15-22-13-10-21-11-14-22;;/h2-9,12,21H,10-11,13-15H2,1H3;2*1H. The summed E-state index contributed by atoms with van der Waals surface area (Å²) in [6, 6.07) is 14.8. The molecule has 4 rings (SSSR count).